The van der Waals surface area contributed by atoms with Crippen molar-refractivity contribution >= 4 is 5.78 Å². The highest BCUT2D eigenvalue weighted by Gasteiger charge is 2.60. The van der Waals surface area contributed by atoms with Crippen molar-refractivity contribution in [3.63, 3.8) is 0 Å². The lowest BCUT2D eigenvalue weighted by atomic mass is 9.47. The van der Waals surface area contributed by atoms with Gasteiger partial charge in [0.15, 0.2) is 0 Å². The Morgan fingerprint density at radius 2 is 1.73 bits per heavy atom. The van der Waals surface area contributed by atoms with Gasteiger partial charge in [0.05, 0.1) is 12.2 Å². The first kappa shape index (κ1) is 14.9. The zero-order chi connectivity index (χ0) is 15.7. The Kier molecular flexibility index (Phi) is 3.16. The minimum Gasteiger partial charge on any atom is -0.393 e. The topological polar surface area (TPSA) is 57.5 Å². The van der Waals surface area contributed by atoms with Gasteiger partial charge in [-0.15, -0.1) is 0 Å². The van der Waals surface area contributed by atoms with E-state index < -0.39 is 6.10 Å². The standard InChI is InChI=1S/C19H28O3/c1-18-7-5-12(20)9-11(18)10-15(21)17-13-3-4-16(22)19(13,2)8-6-14(17)18/h10,12-15,17,20-21H,3-9H2,1-2H3/t12-,13?,14-,15-,17?,18-,19-/m0/s1. The minimum absolute atomic E-state index is 0.121. The third-order valence-corrected chi connectivity index (χ3v) is 7.81. The van der Waals surface area contributed by atoms with Crippen molar-refractivity contribution in [3.05, 3.63) is 11.6 Å². The summed E-state index contributed by atoms with van der Waals surface area (Å²) in [5.41, 5.74) is 1.20. The fourth-order valence-electron chi connectivity index (χ4n) is 6.40. The zero-order valence-corrected chi connectivity index (χ0v) is 13.7. The van der Waals surface area contributed by atoms with Crippen LogP contribution in [0, 0.1) is 28.6 Å². The van der Waals surface area contributed by atoms with E-state index in [0.717, 1.165) is 38.5 Å². The van der Waals surface area contributed by atoms with Crippen molar-refractivity contribution < 1.29 is 15.0 Å². The predicted octanol–water partition coefficient (Wildman–Crippen LogP) is 2.85. The molecule has 2 unspecified atom stereocenters. The van der Waals surface area contributed by atoms with Crippen LogP contribution in [0.4, 0.5) is 0 Å². The second kappa shape index (κ2) is 4.67. The highest BCUT2D eigenvalue weighted by molar-refractivity contribution is 5.87. The van der Waals surface area contributed by atoms with Gasteiger partial charge >= 0.3 is 0 Å². The molecule has 0 aromatic heterocycles. The van der Waals surface area contributed by atoms with Crippen LogP contribution in [-0.2, 0) is 4.79 Å². The summed E-state index contributed by atoms with van der Waals surface area (Å²) in [5.74, 6) is 1.46. The van der Waals surface area contributed by atoms with Crippen molar-refractivity contribution in [2.24, 2.45) is 28.6 Å². The molecule has 0 spiro atoms. The van der Waals surface area contributed by atoms with E-state index in [0.29, 0.717) is 24.0 Å². The van der Waals surface area contributed by atoms with E-state index in [2.05, 4.69) is 13.8 Å². The van der Waals surface area contributed by atoms with E-state index >= 15 is 0 Å². The average Bonchev–Trinajstić information content (AvgIpc) is 2.77. The largest absolute Gasteiger partial charge is 0.393 e. The Bertz CT molecular complexity index is 539. The van der Waals surface area contributed by atoms with Gasteiger partial charge in [0.25, 0.3) is 0 Å². The van der Waals surface area contributed by atoms with Crippen molar-refractivity contribution in [3.8, 4) is 0 Å². The van der Waals surface area contributed by atoms with E-state index in [1.807, 2.05) is 6.08 Å². The summed E-state index contributed by atoms with van der Waals surface area (Å²) in [5, 5.41) is 20.8. The van der Waals surface area contributed by atoms with Crippen LogP contribution < -0.4 is 0 Å². The van der Waals surface area contributed by atoms with Crippen LogP contribution in [0.25, 0.3) is 0 Å². The van der Waals surface area contributed by atoms with Crippen LogP contribution in [0.2, 0.25) is 0 Å². The molecule has 0 bridgehead atoms. The van der Waals surface area contributed by atoms with Crippen molar-refractivity contribution in [2.75, 3.05) is 0 Å². The number of aliphatic hydroxyl groups excluding tert-OH is 2. The molecular weight excluding hydrogens is 276 g/mol. The van der Waals surface area contributed by atoms with E-state index in [1.165, 1.54) is 5.57 Å². The summed E-state index contributed by atoms with van der Waals surface area (Å²) in [6.07, 6.45) is 7.65. The average molecular weight is 304 g/mol. The lowest BCUT2D eigenvalue weighted by Gasteiger charge is -2.58. The van der Waals surface area contributed by atoms with E-state index in [1.54, 1.807) is 0 Å². The zero-order valence-electron chi connectivity index (χ0n) is 13.7. The van der Waals surface area contributed by atoms with Crippen molar-refractivity contribution in [1.82, 2.24) is 0 Å². The molecule has 0 saturated heterocycles. The maximum absolute atomic E-state index is 12.4. The summed E-state index contributed by atoms with van der Waals surface area (Å²) in [6.45, 7) is 4.48. The number of carbonyl (C=O) groups is 1. The number of rotatable bonds is 0. The molecule has 3 saturated carbocycles. The van der Waals surface area contributed by atoms with Gasteiger partial charge in [-0.25, -0.2) is 0 Å². The lowest BCUT2D eigenvalue weighted by molar-refractivity contribution is -0.135. The molecule has 3 fully saturated rings. The Morgan fingerprint density at radius 1 is 1.05 bits per heavy atom. The SMILES string of the molecule is C[C@]12CC[C@H](O)CC1=C[C@H](O)C1C3CCC(=O)[C@@]3(C)CC[C@@H]12. The molecule has 0 aromatic carbocycles. The Morgan fingerprint density at radius 3 is 2.50 bits per heavy atom. The van der Waals surface area contributed by atoms with Crippen molar-refractivity contribution in [1.29, 1.82) is 0 Å². The molecule has 0 radical (unpaired) electrons. The first-order chi connectivity index (χ1) is 10.4. The lowest BCUT2D eigenvalue weighted by Crippen LogP contribution is -2.54. The molecule has 3 nitrogen and oxygen atoms in total. The molecule has 4 aliphatic rings. The predicted molar refractivity (Wildman–Crippen MR) is 84.1 cm³/mol. The highest BCUT2D eigenvalue weighted by Crippen LogP contribution is 2.63. The number of ketones is 1. The maximum Gasteiger partial charge on any atom is 0.139 e. The van der Waals surface area contributed by atoms with Crippen LogP contribution in [0.1, 0.15) is 58.8 Å². The van der Waals surface area contributed by atoms with Gasteiger partial charge in [-0.2, -0.15) is 0 Å². The van der Waals surface area contributed by atoms with Gasteiger partial charge in [0, 0.05) is 11.8 Å². The van der Waals surface area contributed by atoms with Crippen LogP contribution in [0.15, 0.2) is 11.6 Å². The third kappa shape index (κ3) is 1.78. The summed E-state index contributed by atoms with van der Waals surface area (Å²) >= 11 is 0. The molecule has 0 heterocycles. The Balaban J connectivity index is 1.75. The molecule has 7 atom stereocenters. The normalized spacial score (nSPS) is 54.3. The highest BCUT2D eigenvalue weighted by atomic mass is 16.3. The molecule has 2 N–H and O–H groups in total. The van der Waals surface area contributed by atoms with Crippen LogP contribution >= 0.6 is 0 Å². The summed E-state index contributed by atoms with van der Waals surface area (Å²) in [6, 6.07) is 0. The molecular formula is C19H28O3. The molecule has 3 heteroatoms. The number of hydrogen-bond acceptors (Lipinski definition) is 3. The summed E-state index contributed by atoms with van der Waals surface area (Å²) in [7, 11) is 0. The van der Waals surface area contributed by atoms with Crippen molar-refractivity contribution in [2.45, 2.75) is 71.0 Å². The third-order valence-electron chi connectivity index (χ3n) is 7.81. The Labute approximate surface area is 132 Å². The summed E-state index contributed by atoms with van der Waals surface area (Å²) in [4.78, 5) is 12.4. The van der Waals surface area contributed by atoms with Gasteiger partial charge in [-0.05, 0) is 61.7 Å². The van der Waals surface area contributed by atoms with Gasteiger partial charge in [0.1, 0.15) is 5.78 Å². The first-order valence-corrected chi connectivity index (χ1v) is 8.97. The molecule has 122 valence electrons. The fourth-order valence-corrected chi connectivity index (χ4v) is 6.40. The Hall–Kier alpha value is -0.670. The number of Topliss-reactive ketones (excluding diaryl/α,β-unsaturated/α-hetero) is 1. The van der Waals surface area contributed by atoms with E-state index in [9.17, 15) is 15.0 Å². The molecule has 4 rings (SSSR count). The molecule has 0 aliphatic heterocycles. The van der Waals surface area contributed by atoms with Crippen LogP contribution in [-0.4, -0.2) is 28.2 Å². The maximum atomic E-state index is 12.4. The molecule has 4 aliphatic carbocycles. The quantitative estimate of drug-likeness (QED) is 0.677. The van der Waals surface area contributed by atoms with Gasteiger partial charge in [-0.1, -0.05) is 25.5 Å². The monoisotopic (exact) mass is 304 g/mol. The number of carbonyl (C=O) groups excluding carboxylic acids is 1. The first-order valence-electron chi connectivity index (χ1n) is 8.97. The molecule has 22 heavy (non-hydrogen) atoms. The van der Waals surface area contributed by atoms with Crippen LogP contribution in [0.3, 0.4) is 0 Å². The number of aliphatic hydroxyl groups is 2. The fraction of sp³-hybridized carbons (Fsp3) is 0.842. The van der Waals surface area contributed by atoms with Gasteiger partial charge in [0.2, 0.25) is 0 Å². The van der Waals surface area contributed by atoms with Gasteiger partial charge < -0.3 is 10.2 Å². The van der Waals surface area contributed by atoms with E-state index in [-0.39, 0.29) is 22.9 Å². The van der Waals surface area contributed by atoms with Crippen LogP contribution in [0.5, 0.6) is 0 Å². The molecule has 0 aromatic rings. The summed E-state index contributed by atoms with van der Waals surface area (Å²) < 4.78 is 0. The second-order valence-corrected chi connectivity index (χ2v) is 8.70. The van der Waals surface area contributed by atoms with Gasteiger partial charge in [-0.3, -0.25) is 4.79 Å². The number of fused-ring (bicyclic) bond motifs is 5. The second-order valence-electron chi connectivity index (χ2n) is 8.70. The smallest absolute Gasteiger partial charge is 0.139 e. The number of hydrogen-bond donors (Lipinski definition) is 2. The minimum atomic E-state index is -0.436. The van der Waals surface area contributed by atoms with E-state index in [4.69, 9.17) is 0 Å². The molecule has 0 amide bonds.